The maximum Gasteiger partial charge on any atom is 0.183 e. The van der Waals surface area contributed by atoms with E-state index in [1.54, 1.807) is 0 Å². The summed E-state index contributed by atoms with van der Waals surface area (Å²) in [5, 5.41) is 4.83. The number of rotatable bonds is 0. The number of hydrogen-bond donors (Lipinski definition) is 1. The SMILES string of the molecule is Cc1noc2c(Br)c(N)ccc12. The quantitative estimate of drug-likeness (QED) is 0.703. The Labute approximate surface area is 77.7 Å². The van der Waals surface area contributed by atoms with Crippen molar-refractivity contribution in [2.75, 3.05) is 5.73 Å². The van der Waals surface area contributed by atoms with E-state index < -0.39 is 0 Å². The molecule has 0 bridgehead atoms. The van der Waals surface area contributed by atoms with Crippen molar-refractivity contribution >= 4 is 32.6 Å². The Morgan fingerprint density at radius 3 is 3.00 bits per heavy atom. The van der Waals surface area contributed by atoms with Gasteiger partial charge in [0, 0.05) is 11.1 Å². The molecule has 0 atom stereocenters. The Morgan fingerprint density at radius 2 is 2.25 bits per heavy atom. The minimum Gasteiger partial charge on any atom is -0.398 e. The molecular formula is C8H7BrN2O. The fourth-order valence-corrected chi connectivity index (χ4v) is 1.53. The molecule has 0 spiro atoms. The molecule has 1 aromatic carbocycles. The molecule has 12 heavy (non-hydrogen) atoms. The standard InChI is InChI=1S/C8H7BrN2O/c1-4-5-2-3-6(10)7(9)8(5)12-11-4/h2-3H,10H2,1H3. The molecule has 0 amide bonds. The molecule has 1 heterocycles. The summed E-state index contributed by atoms with van der Waals surface area (Å²) in [6, 6.07) is 3.73. The number of fused-ring (bicyclic) bond motifs is 1. The van der Waals surface area contributed by atoms with Gasteiger partial charge in [-0.1, -0.05) is 5.16 Å². The molecule has 3 nitrogen and oxygen atoms in total. The number of hydrogen-bond acceptors (Lipinski definition) is 3. The number of nitrogens with two attached hydrogens (primary N) is 1. The van der Waals surface area contributed by atoms with Gasteiger partial charge in [0.1, 0.15) is 0 Å². The van der Waals surface area contributed by atoms with Crippen molar-refractivity contribution in [1.29, 1.82) is 0 Å². The third-order valence-corrected chi connectivity index (χ3v) is 2.61. The lowest BCUT2D eigenvalue weighted by atomic mass is 10.2. The van der Waals surface area contributed by atoms with E-state index in [-0.39, 0.29) is 0 Å². The molecule has 1 aromatic heterocycles. The third-order valence-electron chi connectivity index (χ3n) is 1.79. The Balaban J connectivity index is 2.93. The van der Waals surface area contributed by atoms with Gasteiger partial charge < -0.3 is 10.3 Å². The molecule has 0 aliphatic rings. The summed E-state index contributed by atoms with van der Waals surface area (Å²) in [5.74, 6) is 0. The van der Waals surface area contributed by atoms with Crippen LogP contribution in [-0.4, -0.2) is 5.16 Å². The van der Waals surface area contributed by atoms with Crippen LogP contribution in [-0.2, 0) is 0 Å². The topological polar surface area (TPSA) is 52.0 Å². The maximum absolute atomic E-state index is 5.66. The number of aromatic nitrogens is 1. The lowest BCUT2D eigenvalue weighted by molar-refractivity contribution is 0.449. The van der Waals surface area contributed by atoms with E-state index in [1.807, 2.05) is 19.1 Å². The number of benzene rings is 1. The van der Waals surface area contributed by atoms with Gasteiger partial charge in [-0.25, -0.2) is 0 Å². The van der Waals surface area contributed by atoms with Crippen LogP contribution >= 0.6 is 15.9 Å². The predicted octanol–water partition coefficient (Wildman–Crippen LogP) is 2.48. The average molecular weight is 227 g/mol. The van der Waals surface area contributed by atoms with Gasteiger partial charge in [-0.15, -0.1) is 0 Å². The normalized spacial score (nSPS) is 10.8. The van der Waals surface area contributed by atoms with Crippen LogP contribution in [0.1, 0.15) is 5.69 Å². The highest BCUT2D eigenvalue weighted by Crippen LogP contribution is 2.30. The Kier molecular flexibility index (Phi) is 1.58. The van der Waals surface area contributed by atoms with E-state index in [4.69, 9.17) is 10.3 Å². The molecule has 2 aromatic rings. The number of halogens is 1. The summed E-state index contributed by atoms with van der Waals surface area (Å²) in [6.07, 6.45) is 0. The lowest BCUT2D eigenvalue weighted by Gasteiger charge is -1.95. The van der Waals surface area contributed by atoms with Gasteiger partial charge in [0.2, 0.25) is 0 Å². The molecule has 4 heteroatoms. The van der Waals surface area contributed by atoms with Crippen LogP contribution in [0.2, 0.25) is 0 Å². The Bertz CT molecular complexity index is 436. The Morgan fingerprint density at radius 1 is 1.50 bits per heavy atom. The van der Waals surface area contributed by atoms with E-state index in [0.29, 0.717) is 11.3 Å². The van der Waals surface area contributed by atoms with Crippen LogP contribution in [0, 0.1) is 6.92 Å². The van der Waals surface area contributed by atoms with E-state index in [0.717, 1.165) is 15.6 Å². The minimum atomic E-state index is 0.665. The molecule has 2 N–H and O–H groups in total. The summed E-state index contributed by atoms with van der Waals surface area (Å²) < 4.78 is 5.86. The van der Waals surface area contributed by atoms with E-state index >= 15 is 0 Å². The summed E-state index contributed by atoms with van der Waals surface area (Å²) >= 11 is 3.34. The van der Waals surface area contributed by atoms with Crippen molar-refractivity contribution in [3.63, 3.8) is 0 Å². The fourth-order valence-electron chi connectivity index (χ4n) is 1.11. The van der Waals surface area contributed by atoms with Crippen molar-refractivity contribution in [3.05, 3.63) is 22.3 Å². The molecule has 2 rings (SSSR count). The smallest absolute Gasteiger partial charge is 0.183 e. The van der Waals surface area contributed by atoms with Gasteiger partial charge in [0.15, 0.2) is 5.58 Å². The van der Waals surface area contributed by atoms with Crippen LogP contribution < -0.4 is 5.73 Å². The minimum absolute atomic E-state index is 0.665. The molecule has 0 aliphatic carbocycles. The van der Waals surface area contributed by atoms with Crippen molar-refractivity contribution in [2.24, 2.45) is 0 Å². The zero-order valence-corrected chi connectivity index (χ0v) is 8.05. The van der Waals surface area contributed by atoms with E-state index in [9.17, 15) is 0 Å². The van der Waals surface area contributed by atoms with Gasteiger partial charge >= 0.3 is 0 Å². The molecule has 0 saturated carbocycles. The van der Waals surface area contributed by atoms with Gasteiger partial charge in [-0.3, -0.25) is 0 Å². The van der Waals surface area contributed by atoms with Crippen LogP contribution in [0.4, 0.5) is 5.69 Å². The Hall–Kier alpha value is -1.03. The van der Waals surface area contributed by atoms with Gasteiger partial charge in [-0.2, -0.15) is 0 Å². The number of anilines is 1. The molecule has 0 unspecified atom stereocenters. The van der Waals surface area contributed by atoms with Gasteiger partial charge in [-0.05, 0) is 35.0 Å². The highest BCUT2D eigenvalue weighted by Gasteiger charge is 2.09. The second-order valence-corrected chi connectivity index (χ2v) is 3.41. The van der Waals surface area contributed by atoms with Crippen LogP contribution in [0.3, 0.4) is 0 Å². The van der Waals surface area contributed by atoms with Crippen molar-refractivity contribution in [2.45, 2.75) is 6.92 Å². The fraction of sp³-hybridized carbons (Fsp3) is 0.125. The first-order valence-electron chi connectivity index (χ1n) is 3.50. The first-order valence-corrected chi connectivity index (χ1v) is 4.29. The first-order chi connectivity index (χ1) is 5.70. The monoisotopic (exact) mass is 226 g/mol. The molecule has 62 valence electrons. The number of aryl methyl sites for hydroxylation is 1. The van der Waals surface area contributed by atoms with Gasteiger partial charge in [0.05, 0.1) is 10.2 Å². The molecule has 0 aliphatic heterocycles. The summed E-state index contributed by atoms with van der Waals surface area (Å²) in [7, 11) is 0. The zero-order chi connectivity index (χ0) is 8.72. The average Bonchev–Trinajstić information content (AvgIpc) is 2.41. The number of nitrogens with zero attached hydrogens (tertiary/aromatic N) is 1. The van der Waals surface area contributed by atoms with Crippen LogP contribution in [0.5, 0.6) is 0 Å². The van der Waals surface area contributed by atoms with E-state index in [2.05, 4.69) is 21.1 Å². The van der Waals surface area contributed by atoms with Crippen molar-refractivity contribution in [3.8, 4) is 0 Å². The highest BCUT2D eigenvalue weighted by atomic mass is 79.9. The predicted molar refractivity (Wildman–Crippen MR) is 50.9 cm³/mol. The molecule has 0 radical (unpaired) electrons. The lowest BCUT2D eigenvalue weighted by Crippen LogP contribution is -1.85. The maximum atomic E-state index is 5.66. The number of nitrogen functional groups attached to an aromatic ring is 1. The van der Waals surface area contributed by atoms with Crippen molar-refractivity contribution in [1.82, 2.24) is 5.16 Å². The van der Waals surface area contributed by atoms with Crippen LogP contribution in [0.25, 0.3) is 11.0 Å². The third kappa shape index (κ3) is 0.914. The summed E-state index contributed by atoms with van der Waals surface area (Å²) in [5.41, 5.74) is 7.92. The van der Waals surface area contributed by atoms with E-state index in [1.165, 1.54) is 0 Å². The summed E-state index contributed by atoms with van der Waals surface area (Å²) in [4.78, 5) is 0. The highest BCUT2D eigenvalue weighted by molar-refractivity contribution is 9.10. The van der Waals surface area contributed by atoms with Crippen LogP contribution in [0.15, 0.2) is 21.1 Å². The molecular weight excluding hydrogens is 220 g/mol. The second-order valence-electron chi connectivity index (χ2n) is 2.61. The molecule has 0 fully saturated rings. The summed E-state index contributed by atoms with van der Waals surface area (Å²) in [6.45, 7) is 1.90. The van der Waals surface area contributed by atoms with Gasteiger partial charge in [0.25, 0.3) is 0 Å². The molecule has 0 saturated heterocycles. The first kappa shape index (κ1) is 7.61. The van der Waals surface area contributed by atoms with Crippen molar-refractivity contribution < 1.29 is 4.52 Å². The largest absolute Gasteiger partial charge is 0.398 e. The zero-order valence-electron chi connectivity index (χ0n) is 6.47. The second kappa shape index (κ2) is 2.48.